The van der Waals surface area contributed by atoms with Crippen LogP contribution in [0.1, 0.15) is 51.9 Å². The first-order chi connectivity index (χ1) is 15.9. The van der Waals surface area contributed by atoms with E-state index >= 15 is 0 Å². The average Bonchev–Trinajstić information content (AvgIpc) is 3.37. The number of hydrogen-bond donors (Lipinski definition) is 1. The number of thioether (sulfide) groups is 1. The minimum atomic E-state index is -0.0660. The molecule has 3 heterocycles. The molecule has 176 valence electrons. The fourth-order valence-corrected chi connectivity index (χ4v) is 4.09. The maximum absolute atomic E-state index is 12.8. The van der Waals surface area contributed by atoms with Gasteiger partial charge in [0.05, 0.1) is 11.2 Å². The molecule has 0 unspecified atom stereocenters. The molecule has 0 aromatic carbocycles. The third-order valence-electron chi connectivity index (χ3n) is 4.93. The number of allylic oxidation sites excluding steroid dienone is 1. The van der Waals surface area contributed by atoms with E-state index in [2.05, 4.69) is 22.0 Å². The fraction of sp³-hybridized carbons (Fsp3) is 0.375. The van der Waals surface area contributed by atoms with Crippen LogP contribution >= 0.6 is 11.8 Å². The second-order valence-electron chi connectivity index (χ2n) is 7.28. The van der Waals surface area contributed by atoms with Gasteiger partial charge in [-0.1, -0.05) is 0 Å². The molecule has 0 aliphatic carbocycles. The van der Waals surface area contributed by atoms with Crippen molar-refractivity contribution in [2.24, 2.45) is 10.9 Å². The Hall–Kier alpha value is -2.88. The second kappa shape index (κ2) is 13.6. The molecule has 1 N–H and O–H groups in total. The first-order valence-electron chi connectivity index (χ1n) is 10.5. The molecule has 1 fully saturated rings. The van der Waals surface area contributed by atoms with Crippen LogP contribution in [0.25, 0.3) is 5.70 Å². The van der Waals surface area contributed by atoms with Gasteiger partial charge in [0.1, 0.15) is 5.70 Å². The lowest BCUT2D eigenvalue weighted by Crippen LogP contribution is -2.25. The summed E-state index contributed by atoms with van der Waals surface area (Å²) in [6.45, 7) is 8.07. The minimum Gasteiger partial charge on any atom is -0.463 e. The van der Waals surface area contributed by atoms with Gasteiger partial charge in [-0.15, -0.1) is 11.8 Å². The SMILES string of the molecule is C=N/C(=C(\SCNC)C(=O)C1CCOCC1)c1ccco1.CC(=O)c1cc(C=O)cnc1C. The van der Waals surface area contributed by atoms with Gasteiger partial charge in [0, 0.05) is 48.0 Å². The van der Waals surface area contributed by atoms with Crippen LogP contribution in [0.5, 0.6) is 0 Å². The molecule has 9 heteroatoms. The highest BCUT2D eigenvalue weighted by Crippen LogP contribution is 2.33. The van der Waals surface area contributed by atoms with Crippen LogP contribution in [0.3, 0.4) is 0 Å². The Labute approximate surface area is 197 Å². The van der Waals surface area contributed by atoms with Crippen molar-refractivity contribution in [2.45, 2.75) is 26.7 Å². The molecule has 0 atom stereocenters. The summed E-state index contributed by atoms with van der Waals surface area (Å²) in [6.07, 6.45) is 5.21. The van der Waals surface area contributed by atoms with Crippen LogP contribution in [0.15, 0.2) is 45.0 Å². The normalized spacial score (nSPS) is 14.5. The molecule has 2 aromatic rings. The molecular formula is C24H29N3O5S. The zero-order valence-corrected chi connectivity index (χ0v) is 19.9. The van der Waals surface area contributed by atoms with Gasteiger partial charge in [-0.05, 0) is 58.7 Å². The lowest BCUT2D eigenvalue weighted by atomic mass is 9.94. The summed E-state index contributed by atoms with van der Waals surface area (Å²) in [5.41, 5.74) is 2.13. The van der Waals surface area contributed by atoms with E-state index in [9.17, 15) is 14.4 Å². The van der Waals surface area contributed by atoms with Gasteiger partial charge in [0.25, 0.3) is 0 Å². The maximum Gasteiger partial charge on any atom is 0.174 e. The number of pyridine rings is 1. The first-order valence-corrected chi connectivity index (χ1v) is 11.5. The Morgan fingerprint density at radius 3 is 2.64 bits per heavy atom. The summed E-state index contributed by atoms with van der Waals surface area (Å²) in [7, 11) is 1.84. The zero-order chi connectivity index (χ0) is 24.2. The number of aldehydes is 1. The fourth-order valence-electron chi connectivity index (χ4n) is 3.19. The summed E-state index contributed by atoms with van der Waals surface area (Å²) < 4.78 is 10.7. The molecule has 1 saturated heterocycles. The number of carbonyl (C=O) groups excluding carboxylic acids is 3. The van der Waals surface area contributed by atoms with E-state index in [4.69, 9.17) is 9.15 Å². The van der Waals surface area contributed by atoms with Gasteiger partial charge in [0.2, 0.25) is 0 Å². The van der Waals surface area contributed by atoms with Crippen LogP contribution in [0.4, 0.5) is 0 Å². The predicted octanol–water partition coefficient (Wildman–Crippen LogP) is 3.96. The number of nitrogens with one attached hydrogen (secondary N) is 1. The number of rotatable bonds is 9. The van der Waals surface area contributed by atoms with E-state index < -0.39 is 0 Å². The van der Waals surface area contributed by atoms with Crippen molar-refractivity contribution in [3.63, 3.8) is 0 Å². The molecule has 1 aliphatic rings. The Kier molecular flexibility index (Phi) is 10.9. The smallest absolute Gasteiger partial charge is 0.174 e. The van der Waals surface area contributed by atoms with E-state index in [1.54, 1.807) is 31.4 Å². The number of aliphatic imine (C=N–C) groups is 1. The molecule has 0 radical (unpaired) electrons. The standard InChI is InChI=1S/C15H20N2O3S.C9H9NO2/c1-16-10-21-15(13(17-2)12-4-3-7-20-12)14(18)11-5-8-19-9-6-11;1-6-9(7(2)12)3-8(5-11)4-10-6/h3-4,7,11,16H,2,5-6,8-10H2,1H3;3-5H,1-2H3/b15-13-;. The Bertz CT molecular complexity index is 996. The molecule has 8 nitrogen and oxygen atoms in total. The highest BCUT2D eigenvalue weighted by atomic mass is 32.2. The number of Topliss-reactive ketones (excluding diaryl/α,β-unsaturated/α-hetero) is 2. The summed E-state index contributed by atoms with van der Waals surface area (Å²) in [5, 5.41) is 3.04. The Morgan fingerprint density at radius 1 is 1.36 bits per heavy atom. The highest BCUT2D eigenvalue weighted by molar-refractivity contribution is 8.04. The van der Waals surface area contributed by atoms with Crippen LogP contribution in [0.2, 0.25) is 0 Å². The molecule has 0 bridgehead atoms. The van der Waals surface area contributed by atoms with Gasteiger partial charge in [-0.25, -0.2) is 0 Å². The molecule has 0 amide bonds. The van der Waals surface area contributed by atoms with E-state index in [1.165, 1.54) is 24.9 Å². The van der Waals surface area contributed by atoms with E-state index in [-0.39, 0.29) is 17.5 Å². The Balaban J connectivity index is 0.000000273. The van der Waals surface area contributed by atoms with E-state index in [0.717, 1.165) is 12.8 Å². The summed E-state index contributed by atoms with van der Waals surface area (Å²) in [6, 6.07) is 5.12. The van der Waals surface area contributed by atoms with E-state index in [0.29, 0.717) is 58.6 Å². The second-order valence-corrected chi connectivity index (χ2v) is 8.27. The number of nitrogens with zero attached hydrogens (tertiary/aromatic N) is 2. The predicted molar refractivity (Wildman–Crippen MR) is 130 cm³/mol. The third kappa shape index (κ3) is 7.59. The van der Waals surface area contributed by atoms with Crippen LogP contribution in [0, 0.1) is 12.8 Å². The average molecular weight is 472 g/mol. The zero-order valence-electron chi connectivity index (χ0n) is 19.1. The number of carbonyl (C=O) groups is 3. The molecule has 1 aliphatic heterocycles. The Morgan fingerprint density at radius 2 is 2.09 bits per heavy atom. The maximum atomic E-state index is 12.8. The quantitative estimate of drug-likeness (QED) is 0.192. The van der Waals surface area contributed by atoms with Gasteiger partial charge < -0.3 is 14.5 Å². The van der Waals surface area contributed by atoms with Crippen molar-refractivity contribution < 1.29 is 23.5 Å². The number of furan rings is 1. The number of ether oxygens (including phenoxy) is 1. The molecule has 0 saturated carbocycles. The van der Waals surface area contributed by atoms with Crippen molar-refractivity contribution in [1.29, 1.82) is 0 Å². The van der Waals surface area contributed by atoms with Crippen LogP contribution in [-0.4, -0.2) is 55.7 Å². The van der Waals surface area contributed by atoms with Gasteiger partial charge in [-0.2, -0.15) is 0 Å². The molecule has 0 spiro atoms. The number of aryl methyl sites for hydroxylation is 1. The molecule has 2 aromatic heterocycles. The van der Waals surface area contributed by atoms with Crippen molar-refractivity contribution >= 4 is 42.0 Å². The molecular weight excluding hydrogens is 442 g/mol. The number of ketones is 2. The molecule has 3 rings (SSSR count). The number of hydrogen-bond acceptors (Lipinski definition) is 9. The van der Waals surface area contributed by atoms with Crippen LogP contribution < -0.4 is 5.32 Å². The topological polar surface area (TPSA) is 111 Å². The lowest BCUT2D eigenvalue weighted by molar-refractivity contribution is -0.121. The van der Waals surface area contributed by atoms with Crippen molar-refractivity contribution in [3.05, 3.63) is 58.1 Å². The largest absolute Gasteiger partial charge is 0.463 e. The summed E-state index contributed by atoms with van der Waals surface area (Å²) >= 11 is 1.44. The van der Waals surface area contributed by atoms with Crippen LogP contribution in [-0.2, 0) is 9.53 Å². The number of aromatic nitrogens is 1. The van der Waals surface area contributed by atoms with Gasteiger partial charge in [-0.3, -0.25) is 24.4 Å². The van der Waals surface area contributed by atoms with Gasteiger partial charge >= 0.3 is 0 Å². The first kappa shape index (κ1) is 26.4. The third-order valence-corrected chi connectivity index (χ3v) is 6.04. The summed E-state index contributed by atoms with van der Waals surface area (Å²) in [5.74, 6) is 1.24. The van der Waals surface area contributed by atoms with Gasteiger partial charge in [0.15, 0.2) is 23.6 Å². The minimum absolute atomic E-state index is 0.00943. The van der Waals surface area contributed by atoms with Crippen molar-refractivity contribution in [2.75, 3.05) is 26.1 Å². The monoisotopic (exact) mass is 471 g/mol. The van der Waals surface area contributed by atoms with Crippen molar-refractivity contribution in [3.8, 4) is 0 Å². The highest BCUT2D eigenvalue weighted by Gasteiger charge is 2.28. The molecule has 33 heavy (non-hydrogen) atoms. The van der Waals surface area contributed by atoms with E-state index in [1.807, 2.05) is 7.05 Å². The van der Waals surface area contributed by atoms with Crippen molar-refractivity contribution in [1.82, 2.24) is 10.3 Å². The summed E-state index contributed by atoms with van der Waals surface area (Å²) in [4.78, 5) is 42.7. The lowest BCUT2D eigenvalue weighted by Gasteiger charge is -2.22.